The van der Waals surface area contributed by atoms with E-state index in [0.717, 1.165) is 17.7 Å². The van der Waals surface area contributed by atoms with E-state index in [1.54, 1.807) is 16.2 Å². The topological polar surface area (TPSA) is 79.5 Å². The number of amides is 1. The monoisotopic (exact) mass is 307 g/mol. The molecule has 0 bridgehead atoms. The van der Waals surface area contributed by atoms with Crippen molar-refractivity contribution in [2.24, 2.45) is 0 Å². The molecule has 3 rings (SSSR count). The third kappa shape index (κ3) is 3.48. The van der Waals surface area contributed by atoms with Gasteiger partial charge < -0.3 is 14.5 Å². The van der Waals surface area contributed by atoms with Crippen LogP contribution in [0.2, 0.25) is 0 Å². The van der Waals surface area contributed by atoms with E-state index in [0.29, 0.717) is 37.1 Å². The molecule has 2 heterocycles. The Morgan fingerprint density at radius 1 is 1.52 bits per heavy atom. The Kier molecular flexibility index (Phi) is 4.31. The number of hydrogen-bond donors (Lipinski definition) is 1. The number of hydrogen-bond acceptors (Lipinski definition) is 6. The molecule has 7 heteroatoms. The highest BCUT2D eigenvalue weighted by Gasteiger charge is 2.31. The fourth-order valence-corrected chi connectivity index (χ4v) is 2.87. The number of aliphatic hydroxyl groups excluding tert-OH is 1. The second-order valence-corrected chi connectivity index (χ2v) is 5.98. The van der Waals surface area contributed by atoms with Gasteiger partial charge in [0.15, 0.2) is 0 Å². The quantitative estimate of drug-likeness (QED) is 0.842. The van der Waals surface area contributed by atoms with Gasteiger partial charge in [-0.15, -0.1) is 11.3 Å². The van der Waals surface area contributed by atoms with Crippen molar-refractivity contribution in [1.82, 2.24) is 15.0 Å². The van der Waals surface area contributed by atoms with Crippen LogP contribution in [0, 0.1) is 0 Å². The Bertz CT molecular complexity index is 592. The molecule has 0 radical (unpaired) electrons. The molecule has 1 fully saturated rings. The predicted molar refractivity (Wildman–Crippen MR) is 77.8 cm³/mol. The van der Waals surface area contributed by atoms with Crippen molar-refractivity contribution in [3.8, 4) is 10.7 Å². The summed E-state index contributed by atoms with van der Waals surface area (Å²) in [5.74, 6) is 1.09. The van der Waals surface area contributed by atoms with Crippen LogP contribution in [0.15, 0.2) is 22.0 Å². The Morgan fingerprint density at radius 3 is 3.05 bits per heavy atom. The van der Waals surface area contributed by atoms with E-state index >= 15 is 0 Å². The standard InChI is InChI=1S/C14H17N3O3S/c18-8-7-17(10-3-4-10)13(19)6-5-12-15-14(16-20-12)11-2-1-9-21-11/h1-2,9-10,18H,3-8H2. The van der Waals surface area contributed by atoms with E-state index in [9.17, 15) is 4.79 Å². The van der Waals surface area contributed by atoms with Gasteiger partial charge in [-0.05, 0) is 24.3 Å². The van der Waals surface area contributed by atoms with E-state index < -0.39 is 0 Å². The number of nitrogens with zero attached hydrogens (tertiary/aromatic N) is 3. The molecule has 0 saturated heterocycles. The highest BCUT2D eigenvalue weighted by molar-refractivity contribution is 7.13. The first-order valence-electron chi connectivity index (χ1n) is 7.04. The molecule has 0 atom stereocenters. The average molecular weight is 307 g/mol. The number of aliphatic hydroxyl groups is 1. The van der Waals surface area contributed by atoms with E-state index in [1.807, 2.05) is 17.5 Å². The molecule has 112 valence electrons. The van der Waals surface area contributed by atoms with Crippen LogP contribution in [0.5, 0.6) is 0 Å². The molecule has 2 aromatic rings. The first kappa shape index (κ1) is 14.2. The van der Waals surface area contributed by atoms with Crippen LogP contribution in [-0.2, 0) is 11.2 Å². The van der Waals surface area contributed by atoms with E-state index in [4.69, 9.17) is 9.63 Å². The largest absolute Gasteiger partial charge is 0.395 e. The zero-order valence-corrected chi connectivity index (χ0v) is 12.4. The van der Waals surface area contributed by atoms with Crippen molar-refractivity contribution in [3.05, 3.63) is 23.4 Å². The summed E-state index contributed by atoms with van der Waals surface area (Å²) in [7, 11) is 0. The fraction of sp³-hybridized carbons (Fsp3) is 0.500. The molecule has 1 aliphatic rings. The van der Waals surface area contributed by atoms with Crippen molar-refractivity contribution in [1.29, 1.82) is 0 Å². The Morgan fingerprint density at radius 2 is 2.38 bits per heavy atom. The molecule has 1 amide bonds. The lowest BCUT2D eigenvalue weighted by molar-refractivity contribution is -0.132. The lowest BCUT2D eigenvalue weighted by Gasteiger charge is -2.20. The molecule has 0 unspecified atom stereocenters. The highest BCUT2D eigenvalue weighted by atomic mass is 32.1. The molecule has 1 saturated carbocycles. The fourth-order valence-electron chi connectivity index (χ4n) is 2.22. The molecule has 0 aromatic carbocycles. The second kappa shape index (κ2) is 6.36. The minimum Gasteiger partial charge on any atom is -0.395 e. The summed E-state index contributed by atoms with van der Waals surface area (Å²) in [6.07, 6.45) is 2.85. The van der Waals surface area contributed by atoms with E-state index in [-0.39, 0.29) is 12.5 Å². The van der Waals surface area contributed by atoms with Gasteiger partial charge in [0, 0.05) is 25.4 Å². The van der Waals surface area contributed by atoms with Gasteiger partial charge in [-0.3, -0.25) is 4.79 Å². The lowest BCUT2D eigenvalue weighted by atomic mass is 10.2. The first-order valence-corrected chi connectivity index (χ1v) is 7.92. The van der Waals surface area contributed by atoms with Gasteiger partial charge in [0.2, 0.25) is 17.6 Å². The Labute approximate surface area is 126 Å². The van der Waals surface area contributed by atoms with Gasteiger partial charge in [0.05, 0.1) is 11.5 Å². The van der Waals surface area contributed by atoms with Crippen molar-refractivity contribution in [2.75, 3.05) is 13.2 Å². The number of carbonyl (C=O) groups excluding carboxylic acids is 1. The predicted octanol–water partition coefficient (Wildman–Crippen LogP) is 1.71. The molecule has 2 aromatic heterocycles. The summed E-state index contributed by atoms with van der Waals surface area (Å²) >= 11 is 1.55. The van der Waals surface area contributed by atoms with Crippen LogP contribution in [0.1, 0.15) is 25.2 Å². The van der Waals surface area contributed by atoms with E-state index in [2.05, 4.69) is 10.1 Å². The van der Waals surface area contributed by atoms with Gasteiger partial charge >= 0.3 is 0 Å². The normalized spacial score (nSPS) is 14.3. The molecule has 6 nitrogen and oxygen atoms in total. The van der Waals surface area contributed by atoms with Crippen LogP contribution in [0.4, 0.5) is 0 Å². The van der Waals surface area contributed by atoms with Crippen molar-refractivity contribution in [3.63, 3.8) is 0 Å². The van der Waals surface area contributed by atoms with Crippen LogP contribution in [-0.4, -0.2) is 45.2 Å². The van der Waals surface area contributed by atoms with Gasteiger partial charge in [-0.25, -0.2) is 0 Å². The molecule has 1 aliphatic carbocycles. The molecule has 0 spiro atoms. The zero-order chi connectivity index (χ0) is 14.7. The van der Waals surface area contributed by atoms with Crippen molar-refractivity contribution < 1.29 is 14.4 Å². The van der Waals surface area contributed by atoms with Crippen molar-refractivity contribution in [2.45, 2.75) is 31.7 Å². The number of rotatable bonds is 7. The Hall–Kier alpha value is -1.73. The number of carbonyl (C=O) groups is 1. The van der Waals surface area contributed by atoms with Crippen LogP contribution < -0.4 is 0 Å². The van der Waals surface area contributed by atoms with Gasteiger partial charge in [-0.1, -0.05) is 11.2 Å². The van der Waals surface area contributed by atoms with Gasteiger partial charge in [-0.2, -0.15) is 4.98 Å². The van der Waals surface area contributed by atoms with Crippen LogP contribution in [0.3, 0.4) is 0 Å². The lowest BCUT2D eigenvalue weighted by Crippen LogP contribution is -2.35. The summed E-state index contributed by atoms with van der Waals surface area (Å²) in [6, 6.07) is 4.18. The average Bonchev–Trinajstić information content (AvgIpc) is 3.00. The summed E-state index contributed by atoms with van der Waals surface area (Å²) in [6.45, 7) is 0.416. The number of aromatic nitrogens is 2. The number of thiophene rings is 1. The molecular formula is C14H17N3O3S. The van der Waals surface area contributed by atoms with Gasteiger partial charge in [0.25, 0.3) is 0 Å². The maximum absolute atomic E-state index is 12.2. The summed E-state index contributed by atoms with van der Waals surface area (Å²) < 4.78 is 5.18. The summed E-state index contributed by atoms with van der Waals surface area (Å²) in [5.41, 5.74) is 0. The number of aryl methyl sites for hydroxylation is 1. The summed E-state index contributed by atoms with van der Waals surface area (Å²) in [5, 5.41) is 14.9. The zero-order valence-electron chi connectivity index (χ0n) is 11.6. The first-order chi connectivity index (χ1) is 10.3. The minimum atomic E-state index is 0.00528. The van der Waals surface area contributed by atoms with Crippen LogP contribution >= 0.6 is 11.3 Å². The van der Waals surface area contributed by atoms with Gasteiger partial charge in [0.1, 0.15) is 0 Å². The third-order valence-corrected chi connectivity index (χ3v) is 4.28. The minimum absolute atomic E-state index is 0.00528. The van der Waals surface area contributed by atoms with Crippen LogP contribution in [0.25, 0.3) is 10.7 Å². The van der Waals surface area contributed by atoms with Crippen molar-refractivity contribution >= 4 is 17.2 Å². The Balaban J connectivity index is 1.56. The maximum Gasteiger partial charge on any atom is 0.227 e. The highest BCUT2D eigenvalue weighted by Crippen LogP contribution is 2.27. The molecule has 1 N–H and O–H groups in total. The SMILES string of the molecule is O=C(CCc1nc(-c2cccs2)no1)N(CCO)C1CC1. The maximum atomic E-state index is 12.2. The second-order valence-electron chi connectivity index (χ2n) is 5.03. The summed E-state index contributed by atoms with van der Waals surface area (Å²) in [4.78, 5) is 19.2. The molecular weight excluding hydrogens is 290 g/mol. The molecule has 21 heavy (non-hydrogen) atoms. The third-order valence-electron chi connectivity index (χ3n) is 3.41. The smallest absolute Gasteiger partial charge is 0.227 e. The van der Waals surface area contributed by atoms with E-state index in [1.165, 1.54) is 0 Å². The molecule has 0 aliphatic heterocycles.